The zero-order valence-corrected chi connectivity index (χ0v) is 11.5. The third-order valence-electron chi connectivity index (χ3n) is 3.00. The van der Waals surface area contributed by atoms with Gasteiger partial charge in [-0.3, -0.25) is 0 Å². The Kier molecular flexibility index (Phi) is 3.80. The monoisotopic (exact) mass is 261 g/mol. The molecule has 0 radical (unpaired) electrons. The van der Waals surface area contributed by atoms with Gasteiger partial charge in [-0.1, -0.05) is 19.9 Å². The fourth-order valence-corrected chi connectivity index (χ4v) is 1.64. The van der Waals surface area contributed by atoms with E-state index in [-0.39, 0.29) is 12.0 Å². The van der Waals surface area contributed by atoms with Crippen molar-refractivity contribution in [1.29, 1.82) is 0 Å². The molecular weight excluding hydrogens is 242 g/mol. The Balaban J connectivity index is 2.18. The highest BCUT2D eigenvalue weighted by Gasteiger charge is 2.16. The van der Waals surface area contributed by atoms with Crippen LogP contribution in [0.3, 0.4) is 0 Å². The van der Waals surface area contributed by atoms with Crippen molar-refractivity contribution in [3.8, 4) is 5.69 Å². The zero-order valence-electron chi connectivity index (χ0n) is 11.5. The molecule has 0 saturated heterocycles. The van der Waals surface area contributed by atoms with Gasteiger partial charge in [0, 0.05) is 24.3 Å². The van der Waals surface area contributed by atoms with Crippen LogP contribution >= 0.6 is 0 Å². The molecule has 1 heterocycles. The topological polar surface area (TPSA) is 75.9 Å². The molecule has 2 aromatic rings. The van der Waals surface area contributed by atoms with E-state index >= 15 is 0 Å². The largest absolute Gasteiger partial charge is 0.396 e. The second-order valence-corrected chi connectivity index (χ2v) is 5.43. The molecule has 0 amide bonds. The Morgan fingerprint density at radius 1 is 1.37 bits per heavy atom. The summed E-state index contributed by atoms with van der Waals surface area (Å²) in [6.45, 7) is 6.87. The minimum Gasteiger partial charge on any atom is -0.396 e. The number of anilines is 1. The van der Waals surface area contributed by atoms with E-state index in [1.807, 2.05) is 39.0 Å². The highest BCUT2D eigenvalue weighted by Crippen LogP contribution is 2.20. The van der Waals surface area contributed by atoms with Gasteiger partial charge in [-0.2, -0.15) is 0 Å². The molecule has 0 saturated carbocycles. The van der Waals surface area contributed by atoms with E-state index in [1.54, 1.807) is 11.0 Å². The summed E-state index contributed by atoms with van der Waals surface area (Å²) in [5.41, 5.74) is 2.87. The number of benzene rings is 1. The second kappa shape index (κ2) is 5.36. The van der Waals surface area contributed by atoms with Crippen LogP contribution in [0.1, 0.15) is 19.4 Å². The van der Waals surface area contributed by atoms with Gasteiger partial charge in [0.25, 0.3) is 0 Å². The van der Waals surface area contributed by atoms with E-state index in [0.29, 0.717) is 6.54 Å². The van der Waals surface area contributed by atoms with E-state index in [4.69, 9.17) is 0 Å². The molecule has 19 heavy (non-hydrogen) atoms. The van der Waals surface area contributed by atoms with Gasteiger partial charge in [0.1, 0.15) is 6.33 Å². The van der Waals surface area contributed by atoms with E-state index in [9.17, 15) is 5.11 Å². The summed E-state index contributed by atoms with van der Waals surface area (Å²) in [5.74, 6) is 0. The van der Waals surface area contributed by atoms with Gasteiger partial charge in [-0.25, -0.2) is 4.68 Å². The number of hydrogen-bond acceptors (Lipinski definition) is 5. The van der Waals surface area contributed by atoms with Crippen molar-refractivity contribution in [2.75, 3.05) is 18.5 Å². The number of aromatic nitrogens is 4. The van der Waals surface area contributed by atoms with Crippen LogP contribution in [0, 0.1) is 12.3 Å². The maximum absolute atomic E-state index is 9.25. The van der Waals surface area contributed by atoms with Crippen LogP contribution in [-0.4, -0.2) is 38.5 Å². The third-order valence-corrected chi connectivity index (χ3v) is 3.00. The minimum atomic E-state index is -0.153. The fourth-order valence-electron chi connectivity index (χ4n) is 1.64. The van der Waals surface area contributed by atoms with Gasteiger partial charge in [0.2, 0.25) is 0 Å². The van der Waals surface area contributed by atoms with Crippen molar-refractivity contribution in [3.05, 3.63) is 30.1 Å². The van der Waals surface area contributed by atoms with Gasteiger partial charge in [0.05, 0.1) is 5.69 Å². The first-order chi connectivity index (χ1) is 9.02. The molecule has 102 valence electrons. The molecule has 0 atom stereocenters. The van der Waals surface area contributed by atoms with E-state index in [2.05, 4.69) is 20.8 Å². The molecule has 6 heteroatoms. The van der Waals surface area contributed by atoms with Crippen molar-refractivity contribution in [2.45, 2.75) is 20.8 Å². The molecule has 0 aliphatic carbocycles. The van der Waals surface area contributed by atoms with Crippen LogP contribution in [0.5, 0.6) is 0 Å². The van der Waals surface area contributed by atoms with Crippen molar-refractivity contribution in [2.24, 2.45) is 5.41 Å². The van der Waals surface area contributed by atoms with Gasteiger partial charge < -0.3 is 10.4 Å². The highest BCUT2D eigenvalue weighted by atomic mass is 16.3. The number of nitrogens with one attached hydrogen (secondary N) is 1. The number of nitrogens with zero attached hydrogens (tertiary/aromatic N) is 4. The molecule has 0 bridgehead atoms. The number of rotatable bonds is 5. The molecule has 0 aliphatic heterocycles. The quantitative estimate of drug-likeness (QED) is 0.851. The second-order valence-electron chi connectivity index (χ2n) is 5.43. The maximum atomic E-state index is 9.25. The molecule has 1 aromatic heterocycles. The van der Waals surface area contributed by atoms with Gasteiger partial charge in [0.15, 0.2) is 0 Å². The summed E-state index contributed by atoms with van der Waals surface area (Å²) >= 11 is 0. The minimum absolute atomic E-state index is 0.145. The Bertz CT molecular complexity index is 536. The van der Waals surface area contributed by atoms with E-state index in [0.717, 1.165) is 16.9 Å². The summed E-state index contributed by atoms with van der Waals surface area (Å²) in [5, 5.41) is 23.8. The Labute approximate surface area is 112 Å². The number of hydrogen-bond donors (Lipinski definition) is 2. The first-order valence-corrected chi connectivity index (χ1v) is 6.20. The maximum Gasteiger partial charge on any atom is 0.143 e. The summed E-state index contributed by atoms with van der Waals surface area (Å²) < 4.78 is 1.64. The smallest absolute Gasteiger partial charge is 0.143 e. The fraction of sp³-hybridized carbons (Fsp3) is 0.462. The third kappa shape index (κ3) is 3.29. The van der Waals surface area contributed by atoms with Crippen LogP contribution in [0.15, 0.2) is 24.5 Å². The Hall–Kier alpha value is -1.95. The van der Waals surface area contributed by atoms with E-state index < -0.39 is 0 Å². The van der Waals surface area contributed by atoms with Crippen molar-refractivity contribution in [3.63, 3.8) is 0 Å². The Morgan fingerprint density at radius 3 is 2.79 bits per heavy atom. The summed E-state index contributed by atoms with van der Waals surface area (Å²) in [7, 11) is 0. The molecule has 0 aliphatic rings. The summed E-state index contributed by atoms with van der Waals surface area (Å²) in [6.07, 6.45) is 1.57. The zero-order chi connectivity index (χ0) is 13.9. The van der Waals surface area contributed by atoms with Crippen LogP contribution < -0.4 is 5.32 Å². The first kappa shape index (κ1) is 13.5. The average molecular weight is 261 g/mol. The van der Waals surface area contributed by atoms with Crippen LogP contribution in [0.2, 0.25) is 0 Å². The molecule has 0 fully saturated rings. The molecule has 6 nitrogen and oxygen atoms in total. The lowest BCUT2D eigenvalue weighted by atomic mass is 9.95. The van der Waals surface area contributed by atoms with Crippen molar-refractivity contribution >= 4 is 5.69 Å². The molecule has 1 aromatic carbocycles. The molecule has 2 rings (SSSR count). The van der Waals surface area contributed by atoms with E-state index in [1.165, 1.54) is 0 Å². The summed E-state index contributed by atoms with van der Waals surface area (Å²) in [6, 6.07) is 6.03. The number of aryl methyl sites for hydroxylation is 1. The lowest BCUT2D eigenvalue weighted by molar-refractivity contribution is 0.171. The molecule has 0 unspecified atom stereocenters. The van der Waals surface area contributed by atoms with Gasteiger partial charge >= 0.3 is 0 Å². The number of tetrazole rings is 1. The van der Waals surface area contributed by atoms with Crippen LogP contribution in [0.25, 0.3) is 5.69 Å². The number of aliphatic hydroxyl groups excluding tert-OH is 1. The van der Waals surface area contributed by atoms with Crippen LogP contribution in [-0.2, 0) is 0 Å². The number of aliphatic hydroxyl groups is 1. The molecular formula is C13H19N5O. The average Bonchev–Trinajstić information content (AvgIpc) is 2.92. The van der Waals surface area contributed by atoms with Gasteiger partial charge in [-0.15, -0.1) is 5.10 Å². The lowest BCUT2D eigenvalue weighted by Crippen LogP contribution is -2.26. The van der Waals surface area contributed by atoms with Crippen molar-refractivity contribution < 1.29 is 5.11 Å². The standard InChI is InChI=1S/C13H19N5O/c1-10-4-5-11(14-7-13(2,3)8-19)6-12(10)18-9-15-16-17-18/h4-6,9,14,19H,7-8H2,1-3H3. The lowest BCUT2D eigenvalue weighted by Gasteiger charge is -2.23. The normalized spacial score (nSPS) is 11.6. The van der Waals surface area contributed by atoms with Gasteiger partial charge in [-0.05, 0) is 35.0 Å². The predicted octanol–water partition coefficient (Wildman–Crippen LogP) is 1.40. The Morgan fingerprint density at radius 2 is 2.16 bits per heavy atom. The van der Waals surface area contributed by atoms with Crippen LogP contribution in [0.4, 0.5) is 5.69 Å². The predicted molar refractivity (Wildman–Crippen MR) is 73.2 cm³/mol. The first-order valence-electron chi connectivity index (χ1n) is 6.20. The van der Waals surface area contributed by atoms with Crippen molar-refractivity contribution in [1.82, 2.24) is 20.2 Å². The SMILES string of the molecule is Cc1ccc(NCC(C)(C)CO)cc1-n1cnnn1. The molecule has 2 N–H and O–H groups in total. The summed E-state index contributed by atoms with van der Waals surface area (Å²) in [4.78, 5) is 0. The highest BCUT2D eigenvalue weighted by molar-refractivity contribution is 5.54. The molecule has 0 spiro atoms.